The Morgan fingerprint density at radius 2 is 2.18 bits per heavy atom. The van der Waals surface area contributed by atoms with Crippen LogP contribution in [0.1, 0.15) is 11.6 Å². The van der Waals surface area contributed by atoms with Gasteiger partial charge in [-0.15, -0.1) is 0 Å². The SMILES string of the molecule is NNC(c1cc(Cl)ccc1Cl)C1COCCO1. The normalized spacial score (nSPS) is 22.4. The molecule has 1 aromatic rings. The molecule has 0 aromatic heterocycles. The van der Waals surface area contributed by atoms with Crippen molar-refractivity contribution in [1.82, 2.24) is 5.43 Å². The fourth-order valence-corrected chi connectivity index (χ4v) is 2.26. The van der Waals surface area contributed by atoms with E-state index in [2.05, 4.69) is 5.43 Å². The molecule has 0 radical (unpaired) electrons. The van der Waals surface area contributed by atoms with Crippen LogP contribution >= 0.6 is 23.2 Å². The lowest BCUT2D eigenvalue weighted by molar-refractivity contribution is -0.102. The lowest BCUT2D eigenvalue weighted by atomic mass is 10.0. The largest absolute Gasteiger partial charge is 0.376 e. The first-order valence-electron chi connectivity index (χ1n) is 5.33. The number of rotatable bonds is 3. The quantitative estimate of drug-likeness (QED) is 0.654. The summed E-state index contributed by atoms with van der Waals surface area (Å²) in [5, 5.41) is 1.22. The molecule has 2 rings (SSSR count). The second-order valence-corrected chi connectivity index (χ2v) is 4.64. The van der Waals surface area contributed by atoms with Gasteiger partial charge < -0.3 is 9.47 Å². The summed E-state index contributed by atoms with van der Waals surface area (Å²) in [6.45, 7) is 1.65. The predicted octanol–water partition coefficient (Wildman–Crippen LogP) is 1.91. The van der Waals surface area contributed by atoms with Crippen molar-refractivity contribution in [3.8, 4) is 0 Å². The number of hydrogen-bond donors (Lipinski definition) is 2. The monoisotopic (exact) mass is 276 g/mol. The smallest absolute Gasteiger partial charge is 0.102 e. The van der Waals surface area contributed by atoms with Crippen LogP contribution in [0.15, 0.2) is 18.2 Å². The van der Waals surface area contributed by atoms with Crippen LogP contribution in [0.2, 0.25) is 10.0 Å². The van der Waals surface area contributed by atoms with Crippen LogP contribution < -0.4 is 11.3 Å². The van der Waals surface area contributed by atoms with Gasteiger partial charge in [0.2, 0.25) is 0 Å². The van der Waals surface area contributed by atoms with Gasteiger partial charge in [-0.2, -0.15) is 0 Å². The van der Waals surface area contributed by atoms with Crippen LogP contribution in [0.3, 0.4) is 0 Å². The maximum Gasteiger partial charge on any atom is 0.102 e. The van der Waals surface area contributed by atoms with Crippen molar-refractivity contribution in [2.24, 2.45) is 5.84 Å². The Hall–Kier alpha value is -0.360. The summed E-state index contributed by atoms with van der Waals surface area (Å²) in [5.41, 5.74) is 3.52. The van der Waals surface area contributed by atoms with Crippen molar-refractivity contribution in [3.05, 3.63) is 33.8 Å². The van der Waals surface area contributed by atoms with Crippen molar-refractivity contribution in [1.29, 1.82) is 0 Å². The van der Waals surface area contributed by atoms with E-state index in [1.807, 2.05) is 0 Å². The molecule has 4 nitrogen and oxygen atoms in total. The van der Waals surface area contributed by atoms with Gasteiger partial charge in [0.05, 0.1) is 25.9 Å². The number of hydrogen-bond acceptors (Lipinski definition) is 4. The second-order valence-electron chi connectivity index (χ2n) is 3.79. The Labute approximate surface area is 110 Å². The molecule has 1 heterocycles. The molecule has 3 N–H and O–H groups in total. The molecule has 2 unspecified atom stereocenters. The maximum absolute atomic E-state index is 6.14. The molecule has 1 saturated heterocycles. The third-order valence-corrected chi connectivity index (χ3v) is 3.27. The summed E-state index contributed by atoms with van der Waals surface area (Å²) >= 11 is 12.1. The van der Waals surface area contributed by atoms with Crippen LogP contribution in [0.4, 0.5) is 0 Å². The van der Waals surface area contributed by atoms with Gasteiger partial charge in [0.15, 0.2) is 0 Å². The molecule has 0 saturated carbocycles. The zero-order chi connectivity index (χ0) is 12.3. The Bertz CT molecular complexity index is 384. The van der Waals surface area contributed by atoms with Crippen molar-refractivity contribution in [2.75, 3.05) is 19.8 Å². The summed E-state index contributed by atoms with van der Waals surface area (Å²) in [4.78, 5) is 0. The van der Waals surface area contributed by atoms with Crippen molar-refractivity contribution in [3.63, 3.8) is 0 Å². The van der Waals surface area contributed by atoms with Crippen LogP contribution in [-0.4, -0.2) is 25.9 Å². The highest BCUT2D eigenvalue weighted by atomic mass is 35.5. The highest BCUT2D eigenvalue weighted by molar-refractivity contribution is 6.33. The number of benzene rings is 1. The predicted molar refractivity (Wildman–Crippen MR) is 67.1 cm³/mol. The third-order valence-electron chi connectivity index (χ3n) is 2.69. The summed E-state index contributed by atoms with van der Waals surface area (Å²) < 4.78 is 11.0. The minimum Gasteiger partial charge on any atom is -0.376 e. The summed E-state index contributed by atoms with van der Waals surface area (Å²) in [7, 11) is 0. The molecule has 0 aliphatic carbocycles. The molecule has 94 valence electrons. The van der Waals surface area contributed by atoms with Crippen LogP contribution in [0, 0.1) is 0 Å². The summed E-state index contributed by atoms with van der Waals surface area (Å²) in [5.74, 6) is 5.57. The van der Waals surface area contributed by atoms with E-state index in [0.717, 1.165) is 5.56 Å². The van der Waals surface area contributed by atoms with E-state index in [9.17, 15) is 0 Å². The zero-order valence-electron chi connectivity index (χ0n) is 9.16. The molecule has 1 aliphatic rings. The van der Waals surface area contributed by atoms with Crippen molar-refractivity contribution in [2.45, 2.75) is 12.1 Å². The van der Waals surface area contributed by atoms with Gasteiger partial charge in [-0.25, -0.2) is 0 Å². The lowest BCUT2D eigenvalue weighted by Crippen LogP contribution is -2.43. The first-order chi connectivity index (χ1) is 8.22. The number of hydrazine groups is 1. The van der Waals surface area contributed by atoms with Crippen molar-refractivity contribution >= 4 is 23.2 Å². The molecular formula is C11H14Cl2N2O2. The number of nitrogens with two attached hydrogens (primary N) is 1. The molecule has 17 heavy (non-hydrogen) atoms. The first-order valence-corrected chi connectivity index (χ1v) is 6.08. The van der Waals surface area contributed by atoms with E-state index in [1.165, 1.54) is 0 Å². The van der Waals surface area contributed by atoms with Crippen molar-refractivity contribution < 1.29 is 9.47 Å². The molecule has 6 heteroatoms. The fraction of sp³-hybridized carbons (Fsp3) is 0.455. The van der Waals surface area contributed by atoms with E-state index in [1.54, 1.807) is 18.2 Å². The Morgan fingerprint density at radius 3 is 2.82 bits per heavy atom. The average Bonchev–Trinajstić information content (AvgIpc) is 2.36. The van der Waals surface area contributed by atoms with Gasteiger partial charge in [0, 0.05) is 10.0 Å². The van der Waals surface area contributed by atoms with Gasteiger partial charge in [0.1, 0.15) is 6.10 Å². The van der Waals surface area contributed by atoms with E-state index < -0.39 is 0 Å². The minimum absolute atomic E-state index is 0.162. The summed E-state index contributed by atoms with van der Waals surface area (Å²) in [6, 6.07) is 5.03. The van der Waals surface area contributed by atoms with E-state index in [0.29, 0.717) is 29.9 Å². The van der Waals surface area contributed by atoms with Gasteiger partial charge in [-0.05, 0) is 23.8 Å². The Morgan fingerprint density at radius 1 is 1.35 bits per heavy atom. The van der Waals surface area contributed by atoms with Crippen LogP contribution in [0.5, 0.6) is 0 Å². The number of nitrogens with one attached hydrogen (secondary N) is 1. The number of halogens is 2. The fourth-order valence-electron chi connectivity index (χ4n) is 1.85. The maximum atomic E-state index is 6.14. The molecule has 1 aromatic carbocycles. The van der Waals surface area contributed by atoms with Gasteiger partial charge in [-0.1, -0.05) is 23.2 Å². The topological polar surface area (TPSA) is 56.5 Å². The van der Waals surface area contributed by atoms with Gasteiger partial charge >= 0.3 is 0 Å². The molecule has 0 spiro atoms. The van der Waals surface area contributed by atoms with Crippen LogP contribution in [-0.2, 0) is 9.47 Å². The zero-order valence-corrected chi connectivity index (χ0v) is 10.7. The minimum atomic E-state index is -0.235. The highest BCUT2D eigenvalue weighted by Crippen LogP contribution is 2.29. The van der Waals surface area contributed by atoms with E-state index >= 15 is 0 Å². The standard InChI is InChI=1S/C11H14Cl2N2O2/c12-7-1-2-9(13)8(5-7)11(15-14)10-6-16-3-4-17-10/h1-2,5,10-11,15H,3-4,6,14H2. The molecule has 0 bridgehead atoms. The lowest BCUT2D eigenvalue weighted by Gasteiger charge is -2.30. The Kier molecular flexibility index (Phi) is 4.62. The second kappa shape index (κ2) is 6.00. The summed E-state index contributed by atoms with van der Waals surface area (Å²) in [6.07, 6.45) is -0.162. The Balaban J connectivity index is 2.24. The molecular weight excluding hydrogens is 263 g/mol. The number of ether oxygens (including phenoxy) is 2. The van der Waals surface area contributed by atoms with E-state index in [4.69, 9.17) is 38.5 Å². The molecule has 2 atom stereocenters. The first kappa shape index (κ1) is 13.1. The molecule has 0 amide bonds. The van der Waals surface area contributed by atoms with Gasteiger partial charge in [0.25, 0.3) is 0 Å². The van der Waals surface area contributed by atoms with Crippen LogP contribution in [0.25, 0.3) is 0 Å². The molecule has 1 fully saturated rings. The average molecular weight is 277 g/mol. The van der Waals surface area contributed by atoms with E-state index in [-0.39, 0.29) is 12.1 Å². The molecule has 1 aliphatic heterocycles. The van der Waals surface area contributed by atoms with Gasteiger partial charge in [-0.3, -0.25) is 11.3 Å². The third kappa shape index (κ3) is 3.10. The highest BCUT2D eigenvalue weighted by Gasteiger charge is 2.27.